The Morgan fingerprint density at radius 1 is 1.33 bits per heavy atom. The monoisotopic (exact) mass is 528 g/mol. The van der Waals surface area contributed by atoms with E-state index in [-0.39, 0.29) is 41.4 Å². The molecule has 2 N–H and O–H groups in total. The normalized spacial score (nSPS) is 23.6. The van der Waals surface area contributed by atoms with Crippen molar-refractivity contribution >= 4 is 21.1 Å². The molecule has 4 rings (SSSR count). The quantitative estimate of drug-likeness (QED) is 0.392. The Labute approximate surface area is 229 Å². The van der Waals surface area contributed by atoms with Crippen molar-refractivity contribution in [2.75, 3.05) is 26.7 Å². The molecule has 1 saturated heterocycles. The van der Waals surface area contributed by atoms with Crippen LogP contribution in [0.3, 0.4) is 0 Å². The SMILES string of the molecule is [2H]C([2H])(CNS(=O)(=O)c1ccc(OCCC)c(-c2nc3c(C([2H])([2H])C([2H])([2H])C)nn(C([2H])([2H])[2H])c3c(=O)[nH]2)c1)C1CCCN1C([2H])([2H])[2H]. The number of benzene rings is 1. The van der Waals surface area contributed by atoms with Crippen LogP contribution in [0, 0.1) is 0 Å². The molecule has 1 aromatic carbocycles. The van der Waals surface area contributed by atoms with E-state index >= 15 is 0 Å². The van der Waals surface area contributed by atoms with Gasteiger partial charge >= 0.3 is 0 Å². The minimum absolute atomic E-state index is 0.0338. The van der Waals surface area contributed by atoms with Crippen LogP contribution in [-0.4, -0.2) is 65.8 Å². The van der Waals surface area contributed by atoms with Gasteiger partial charge in [0, 0.05) is 36.0 Å². The number of likely N-dealkylation sites (tertiary alicyclic amines) is 1. The largest absolute Gasteiger partial charge is 0.493 e. The summed E-state index contributed by atoms with van der Waals surface area (Å²) in [5.41, 5.74) is -3.21. The Balaban J connectivity index is 1.84. The number of nitrogens with one attached hydrogen (secondary N) is 2. The number of hydrogen-bond donors (Lipinski definition) is 2. The zero-order valence-corrected chi connectivity index (χ0v) is 20.7. The fourth-order valence-electron chi connectivity index (χ4n) is 3.87. The van der Waals surface area contributed by atoms with Crippen molar-refractivity contribution in [3.63, 3.8) is 0 Å². The minimum Gasteiger partial charge on any atom is -0.493 e. The first kappa shape index (κ1) is 14.8. The number of ether oxygens (including phenoxy) is 1. The van der Waals surface area contributed by atoms with Crippen LogP contribution >= 0.6 is 0 Å². The molecular formula is C25H36N6O4S. The van der Waals surface area contributed by atoms with Crippen molar-refractivity contribution in [1.82, 2.24) is 29.4 Å². The van der Waals surface area contributed by atoms with Crippen molar-refractivity contribution in [3.05, 3.63) is 34.2 Å². The van der Waals surface area contributed by atoms with E-state index in [1.165, 1.54) is 6.07 Å². The highest BCUT2D eigenvalue weighted by atomic mass is 32.2. The molecule has 0 spiro atoms. The molecule has 0 radical (unpaired) electrons. The number of sulfonamides is 1. The first-order chi connectivity index (χ1) is 21.8. The maximum Gasteiger partial charge on any atom is 0.277 e. The average Bonchev–Trinajstić information content (AvgIpc) is 3.61. The summed E-state index contributed by atoms with van der Waals surface area (Å²) in [5, 5.41) is 3.77. The lowest BCUT2D eigenvalue weighted by Gasteiger charge is -2.19. The molecule has 0 bridgehead atoms. The summed E-state index contributed by atoms with van der Waals surface area (Å²) >= 11 is 0. The minimum atomic E-state index is -4.49. The van der Waals surface area contributed by atoms with Gasteiger partial charge in [-0.15, -0.1) is 0 Å². The molecule has 2 aromatic heterocycles. The van der Waals surface area contributed by atoms with Gasteiger partial charge < -0.3 is 14.6 Å². The van der Waals surface area contributed by atoms with E-state index in [2.05, 4.69) is 19.8 Å². The highest BCUT2D eigenvalue weighted by molar-refractivity contribution is 7.89. The van der Waals surface area contributed by atoms with Gasteiger partial charge in [0.1, 0.15) is 17.1 Å². The summed E-state index contributed by atoms with van der Waals surface area (Å²) in [7, 11) is -4.49. The van der Waals surface area contributed by atoms with E-state index in [1.807, 2.05) is 0 Å². The maximum absolute atomic E-state index is 13.5. The van der Waals surface area contributed by atoms with Crippen LogP contribution in [0.2, 0.25) is 0 Å². The van der Waals surface area contributed by atoms with E-state index in [0.29, 0.717) is 12.8 Å². The van der Waals surface area contributed by atoms with Crippen LogP contribution in [0.1, 0.15) is 68.0 Å². The molecule has 36 heavy (non-hydrogen) atoms. The van der Waals surface area contributed by atoms with Crippen LogP contribution in [0.5, 0.6) is 5.75 Å². The number of fused-ring (bicyclic) bond motifs is 1. The van der Waals surface area contributed by atoms with E-state index in [4.69, 9.17) is 21.2 Å². The predicted octanol–water partition coefficient (Wildman–Crippen LogP) is 2.83. The van der Waals surface area contributed by atoms with E-state index in [9.17, 15) is 13.2 Å². The second-order valence-electron chi connectivity index (χ2n) is 8.13. The van der Waals surface area contributed by atoms with Gasteiger partial charge in [-0.05, 0) is 63.7 Å². The second-order valence-corrected chi connectivity index (χ2v) is 9.90. The summed E-state index contributed by atoms with van der Waals surface area (Å²) in [4.78, 5) is 20.7. The highest BCUT2D eigenvalue weighted by Gasteiger charge is 2.23. The van der Waals surface area contributed by atoms with Gasteiger partial charge in [-0.1, -0.05) is 20.2 Å². The molecule has 0 amide bonds. The van der Waals surface area contributed by atoms with Crippen LogP contribution in [0.25, 0.3) is 22.4 Å². The Bertz CT molecular complexity index is 1830. The van der Waals surface area contributed by atoms with Gasteiger partial charge in [0.2, 0.25) is 10.0 Å². The van der Waals surface area contributed by atoms with E-state index < -0.39 is 82.9 Å². The van der Waals surface area contributed by atoms with Gasteiger partial charge in [0.05, 0.1) is 22.8 Å². The zero-order valence-electron chi connectivity index (χ0n) is 31.9. The molecule has 1 aliphatic rings. The summed E-state index contributed by atoms with van der Waals surface area (Å²) in [6.07, 6.45) is -6.67. The molecule has 1 unspecified atom stereocenters. The number of rotatable bonds is 11. The molecule has 1 fully saturated rings. The number of aromatic nitrogens is 4. The Morgan fingerprint density at radius 2 is 2.19 bits per heavy atom. The lowest BCUT2D eigenvalue weighted by molar-refractivity contribution is 0.297. The lowest BCUT2D eigenvalue weighted by Crippen LogP contribution is -2.31. The van der Waals surface area contributed by atoms with Crippen molar-refractivity contribution in [2.24, 2.45) is 6.98 Å². The summed E-state index contributed by atoms with van der Waals surface area (Å²) < 4.78 is 132. The Morgan fingerprint density at radius 3 is 2.94 bits per heavy atom. The molecule has 1 atom stereocenters. The topological polar surface area (TPSA) is 122 Å². The smallest absolute Gasteiger partial charge is 0.277 e. The molecule has 11 heteroatoms. The fourth-order valence-corrected chi connectivity index (χ4v) is 4.83. The molecule has 0 saturated carbocycles. The first-order valence-corrected chi connectivity index (χ1v) is 12.9. The van der Waals surface area contributed by atoms with Gasteiger partial charge in [-0.2, -0.15) is 5.10 Å². The van der Waals surface area contributed by atoms with Gasteiger partial charge in [-0.3, -0.25) is 9.48 Å². The maximum atomic E-state index is 13.5. The van der Waals surface area contributed by atoms with Crippen LogP contribution < -0.4 is 15.0 Å². The van der Waals surface area contributed by atoms with Crippen molar-refractivity contribution < 1.29 is 29.6 Å². The number of H-pyrrole nitrogens is 1. The molecular weight excluding hydrogens is 480 g/mol. The fraction of sp³-hybridized carbons (Fsp3) is 0.560. The lowest BCUT2D eigenvalue weighted by atomic mass is 10.1. The van der Waals surface area contributed by atoms with Crippen molar-refractivity contribution in [1.29, 1.82) is 0 Å². The molecule has 10 nitrogen and oxygen atoms in total. The Hall–Kier alpha value is -2.76. The average molecular weight is 529 g/mol. The third-order valence-electron chi connectivity index (χ3n) is 5.61. The summed E-state index contributed by atoms with van der Waals surface area (Å²) in [6, 6.07) is 2.42. The first-order valence-electron chi connectivity index (χ1n) is 17.4. The van der Waals surface area contributed by atoms with Gasteiger partial charge in [-0.25, -0.2) is 18.1 Å². The van der Waals surface area contributed by atoms with E-state index in [0.717, 1.165) is 24.0 Å². The standard InChI is InChI=1S/C25H36N6O4S/c1-5-8-20-22-23(31(4)29-20)25(32)28-24(27-22)19-16-18(10-11-21(19)35-15-6-2)36(33,34)26-13-12-17-9-7-14-30(17)3/h10-11,16-17,26H,5-9,12-15H2,1-4H3,(H,27,28,32)/i3D3,4D3,5D2,8D2,12D2. The highest BCUT2D eigenvalue weighted by Crippen LogP contribution is 2.31. The number of hydrogen-bond acceptors (Lipinski definition) is 7. The number of nitrogens with zero attached hydrogens (tertiary/aromatic N) is 4. The van der Waals surface area contributed by atoms with Crippen molar-refractivity contribution in [3.8, 4) is 17.1 Å². The van der Waals surface area contributed by atoms with Gasteiger partial charge in [0.25, 0.3) is 5.56 Å². The number of aryl methyl sites for hydroxylation is 2. The third kappa shape index (κ3) is 5.47. The molecule has 196 valence electrons. The Kier molecular flexibility index (Phi) is 4.58. The van der Waals surface area contributed by atoms with Crippen LogP contribution in [0.4, 0.5) is 0 Å². The summed E-state index contributed by atoms with van der Waals surface area (Å²) in [6.45, 7) is -3.42. The van der Waals surface area contributed by atoms with Crippen LogP contribution in [0.15, 0.2) is 27.9 Å². The summed E-state index contributed by atoms with van der Waals surface area (Å²) in [5.74, 6) is -0.337. The molecule has 3 aromatic rings. The second kappa shape index (κ2) is 11.1. The molecule has 0 aliphatic carbocycles. The predicted molar refractivity (Wildman–Crippen MR) is 140 cm³/mol. The van der Waals surface area contributed by atoms with Gasteiger partial charge in [0.15, 0.2) is 5.52 Å². The molecule has 3 heterocycles. The van der Waals surface area contributed by atoms with Crippen LogP contribution in [-0.2, 0) is 23.4 Å². The molecule has 1 aliphatic heterocycles. The number of aromatic amines is 1. The zero-order chi connectivity index (χ0) is 36.3. The van der Waals surface area contributed by atoms with Crippen molar-refractivity contribution in [2.45, 2.75) is 63.2 Å². The third-order valence-corrected chi connectivity index (χ3v) is 7.00. The van der Waals surface area contributed by atoms with E-state index in [1.54, 1.807) is 6.92 Å².